The standard InChI is InChI=1S/C16H23ClN2O4S/c1-10(2)13-8-12-11(6-7-14(18-12)24(17,21)22)9-19(13)15(20)23-16(3,4)5/h6-7,10,13H,8-9H2,1-5H3. The molecule has 1 atom stereocenters. The summed E-state index contributed by atoms with van der Waals surface area (Å²) in [4.78, 5) is 18.4. The van der Waals surface area contributed by atoms with E-state index in [2.05, 4.69) is 4.98 Å². The third kappa shape index (κ3) is 4.39. The molecule has 0 bridgehead atoms. The number of halogens is 1. The van der Waals surface area contributed by atoms with E-state index in [4.69, 9.17) is 15.4 Å². The number of pyridine rings is 1. The van der Waals surface area contributed by atoms with Crippen molar-refractivity contribution >= 4 is 25.8 Å². The fourth-order valence-electron chi connectivity index (χ4n) is 2.69. The highest BCUT2D eigenvalue weighted by Gasteiger charge is 2.35. The molecule has 0 saturated heterocycles. The van der Waals surface area contributed by atoms with Gasteiger partial charge in [0, 0.05) is 28.8 Å². The maximum absolute atomic E-state index is 12.5. The zero-order valence-corrected chi connectivity index (χ0v) is 16.1. The molecule has 0 saturated carbocycles. The molecule has 0 spiro atoms. The predicted octanol–water partition coefficient (Wildman–Crippen LogP) is 3.33. The van der Waals surface area contributed by atoms with Crippen LogP contribution in [0.5, 0.6) is 0 Å². The minimum atomic E-state index is -3.87. The third-order valence-electron chi connectivity index (χ3n) is 3.83. The van der Waals surface area contributed by atoms with Crippen molar-refractivity contribution in [1.82, 2.24) is 9.88 Å². The normalized spacial score (nSPS) is 18.5. The lowest BCUT2D eigenvalue weighted by atomic mass is 9.91. The van der Waals surface area contributed by atoms with Gasteiger partial charge in [-0.3, -0.25) is 0 Å². The second-order valence-electron chi connectivity index (χ2n) is 7.32. The van der Waals surface area contributed by atoms with Crippen molar-refractivity contribution in [2.75, 3.05) is 0 Å². The smallest absolute Gasteiger partial charge is 0.410 e. The summed E-state index contributed by atoms with van der Waals surface area (Å²) in [6, 6.07) is 2.91. The Balaban J connectivity index is 2.36. The molecule has 2 heterocycles. The third-order valence-corrected chi connectivity index (χ3v) is 5.04. The summed E-state index contributed by atoms with van der Waals surface area (Å²) in [5.41, 5.74) is 0.894. The van der Waals surface area contributed by atoms with Crippen LogP contribution < -0.4 is 0 Å². The minimum Gasteiger partial charge on any atom is -0.444 e. The fraction of sp³-hybridized carbons (Fsp3) is 0.625. The number of ether oxygens (including phenoxy) is 1. The Morgan fingerprint density at radius 1 is 1.38 bits per heavy atom. The first-order valence-corrected chi connectivity index (χ1v) is 10.1. The van der Waals surface area contributed by atoms with Gasteiger partial charge in [-0.05, 0) is 38.3 Å². The first-order valence-electron chi connectivity index (χ1n) is 7.81. The SMILES string of the molecule is CC(C)C1Cc2nc(S(=O)(=O)Cl)ccc2CN1C(=O)OC(C)(C)C. The Hall–Kier alpha value is -1.34. The molecule has 1 amide bonds. The zero-order valence-electron chi connectivity index (χ0n) is 14.5. The molecule has 0 N–H and O–H groups in total. The van der Waals surface area contributed by atoms with Crippen molar-refractivity contribution in [1.29, 1.82) is 0 Å². The van der Waals surface area contributed by atoms with Crippen LogP contribution in [0.2, 0.25) is 0 Å². The van der Waals surface area contributed by atoms with E-state index in [9.17, 15) is 13.2 Å². The van der Waals surface area contributed by atoms with Gasteiger partial charge in [-0.1, -0.05) is 19.9 Å². The number of rotatable bonds is 2. The molecule has 1 aromatic rings. The molecule has 134 valence electrons. The van der Waals surface area contributed by atoms with E-state index >= 15 is 0 Å². The molecule has 1 aromatic heterocycles. The summed E-state index contributed by atoms with van der Waals surface area (Å²) in [5.74, 6) is 0.170. The maximum Gasteiger partial charge on any atom is 0.410 e. The minimum absolute atomic E-state index is 0.117. The second-order valence-corrected chi connectivity index (χ2v) is 9.83. The Morgan fingerprint density at radius 2 is 2.00 bits per heavy atom. The molecular weight excluding hydrogens is 352 g/mol. The Bertz CT molecular complexity index is 741. The van der Waals surface area contributed by atoms with Crippen molar-refractivity contribution < 1.29 is 17.9 Å². The van der Waals surface area contributed by atoms with Gasteiger partial charge in [0.15, 0.2) is 5.03 Å². The largest absolute Gasteiger partial charge is 0.444 e. The second kappa shape index (κ2) is 6.52. The highest BCUT2D eigenvalue weighted by atomic mass is 35.7. The lowest BCUT2D eigenvalue weighted by molar-refractivity contribution is 0.00612. The maximum atomic E-state index is 12.5. The van der Waals surface area contributed by atoms with Crippen LogP contribution in [0.4, 0.5) is 4.79 Å². The predicted molar refractivity (Wildman–Crippen MR) is 91.4 cm³/mol. The molecular formula is C16H23ClN2O4S. The Kier molecular flexibility index (Phi) is 5.16. The van der Waals surface area contributed by atoms with Gasteiger partial charge >= 0.3 is 6.09 Å². The van der Waals surface area contributed by atoms with E-state index in [0.29, 0.717) is 18.7 Å². The molecule has 24 heavy (non-hydrogen) atoms. The van der Waals surface area contributed by atoms with Gasteiger partial charge in [-0.15, -0.1) is 0 Å². The van der Waals surface area contributed by atoms with Gasteiger partial charge in [0.2, 0.25) is 0 Å². The van der Waals surface area contributed by atoms with E-state index in [1.807, 2.05) is 34.6 Å². The molecule has 6 nitrogen and oxygen atoms in total. The number of carbonyl (C=O) groups excluding carboxylic acids is 1. The summed E-state index contributed by atoms with van der Waals surface area (Å²) in [6.07, 6.45) is 0.0906. The molecule has 0 radical (unpaired) electrons. The number of hydrogen-bond donors (Lipinski definition) is 0. The van der Waals surface area contributed by atoms with E-state index in [0.717, 1.165) is 5.56 Å². The lowest BCUT2D eigenvalue weighted by Gasteiger charge is -2.39. The number of amides is 1. The molecule has 2 rings (SSSR count). The van der Waals surface area contributed by atoms with Crippen LogP contribution in [0.1, 0.15) is 45.9 Å². The Morgan fingerprint density at radius 3 is 2.50 bits per heavy atom. The summed E-state index contributed by atoms with van der Waals surface area (Å²) in [6.45, 7) is 9.83. The number of hydrogen-bond acceptors (Lipinski definition) is 5. The summed E-state index contributed by atoms with van der Waals surface area (Å²) in [7, 11) is 1.50. The van der Waals surface area contributed by atoms with Crippen molar-refractivity contribution in [3.63, 3.8) is 0 Å². The van der Waals surface area contributed by atoms with E-state index in [1.54, 1.807) is 11.0 Å². The van der Waals surface area contributed by atoms with Gasteiger partial charge in [0.05, 0.1) is 6.54 Å². The molecule has 1 aliphatic heterocycles. The molecule has 8 heteroatoms. The quantitative estimate of drug-likeness (QED) is 0.742. The van der Waals surface area contributed by atoms with E-state index < -0.39 is 14.7 Å². The van der Waals surface area contributed by atoms with Crippen LogP contribution in [0.15, 0.2) is 17.2 Å². The average molecular weight is 375 g/mol. The van der Waals surface area contributed by atoms with Crippen LogP contribution in [0, 0.1) is 5.92 Å². The summed E-state index contributed by atoms with van der Waals surface area (Å²) in [5, 5.41) is -0.156. The lowest BCUT2D eigenvalue weighted by Crippen LogP contribution is -2.49. The van der Waals surface area contributed by atoms with Gasteiger partial charge in [-0.25, -0.2) is 18.2 Å². The van der Waals surface area contributed by atoms with Gasteiger partial charge in [-0.2, -0.15) is 0 Å². The van der Waals surface area contributed by atoms with Crippen LogP contribution in [0.25, 0.3) is 0 Å². The van der Waals surface area contributed by atoms with Crippen molar-refractivity contribution in [3.05, 3.63) is 23.4 Å². The summed E-state index contributed by atoms with van der Waals surface area (Å²) >= 11 is 0. The molecule has 1 aliphatic rings. The van der Waals surface area contributed by atoms with E-state index in [-0.39, 0.29) is 23.1 Å². The highest BCUT2D eigenvalue weighted by molar-refractivity contribution is 8.13. The first kappa shape index (κ1) is 19.0. The van der Waals surface area contributed by atoms with Crippen LogP contribution in [-0.4, -0.2) is 36.0 Å². The van der Waals surface area contributed by atoms with E-state index in [1.165, 1.54) is 6.07 Å². The van der Waals surface area contributed by atoms with Crippen LogP contribution in [0.3, 0.4) is 0 Å². The molecule has 0 aromatic carbocycles. The van der Waals surface area contributed by atoms with Crippen LogP contribution in [-0.2, 0) is 26.8 Å². The zero-order chi connectivity index (χ0) is 18.3. The number of carbonyl (C=O) groups is 1. The number of fused-ring (bicyclic) bond motifs is 1. The first-order chi connectivity index (χ1) is 10.9. The number of nitrogens with zero attached hydrogens (tertiary/aromatic N) is 2. The topological polar surface area (TPSA) is 76.6 Å². The monoisotopic (exact) mass is 374 g/mol. The van der Waals surface area contributed by atoms with Gasteiger partial charge in [0.25, 0.3) is 9.05 Å². The van der Waals surface area contributed by atoms with Gasteiger partial charge in [0.1, 0.15) is 5.60 Å². The summed E-state index contributed by atoms with van der Waals surface area (Å²) < 4.78 is 28.5. The Labute approximate surface area is 147 Å². The average Bonchev–Trinajstić information content (AvgIpc) is 2.42. The fourth-order valence-corrected chi connectivity index (χ4v) is 3.40. The van der Waals surface area contributed by atoms with Gasteiger partial charge < -0.3 is 9.64 Å². The number of aromatic nitrogens is 1. The van der Waals surface area contributed by atoms with Crippen LogP contribution >= 0.6 is 10.7 Å². The molecule has 0 aliphatic carbocycles. The molecule has 1 unspecified atom stereocenters. The molecule has 0 fully saturated rings. The highest BCUT2D eigenvalue weighted by Crippen LogP contribution is 2.29. The van der Waals surface area contributed by atoms with Crippen molar-refractivity contribution in [2.45, 2.75) is 64.3 Å². The van der Waals surface area contributed by atoms with Crippen molar-refractivity contribution in [3.8, 4) is 0 Å². The van der Waals surface area contributed by atoms with Crippen molar-refractivity contribution in [2.24, 2.45) is 5.92 Å².